The van der Waals surface area contributed by atoms with Crippen LogP contribution in [0.25, 0.3) is 0 Å². The molecule has 1 aliphatic heterocycles. The van der Waals surface area contributed by atoms with E-state index in [2.05, 4.69) is 0 Å². The lowest BCUT2D eigenvalue weighted by Crippen LogP contribution is -2.51. The van der Waals surface area contributed by atoms with E-state index in [9.17, 15) is 9.90 Å². The van der Waals surface area contributed by atoms with Crippen molar-refractivity contribution in [2.24, 2.45) is 17.6 Å². The minimum Gasteiger partial charge on any atom is -0.393 e. The number of hydrogen-bond acceptors (Lipinski definition) is 2. The molecule has 110 valence electrons. The molecule has 0 aromatic rings. The van der Waals surface area contributed by atoms with Crippen molar-refractivity contribution < 1.29 is 9.90 Å². The van der Waals surface area contributed by atoms with E-state index in [1.165, 1.54) is 0 Å². The molecule has 1 aliphatic carbocycles. The van der Waals surface area contributed by atoms with Crippen molar-refractivity contribution in [3.05, 3.63) is 0 Å². The van der Waals surface area contributed by atoms with Crippen LogP contribution in [-0.4, -0.2) is 51.4 Å². The summed E-state index contributed by atoms with van der Waals surface area (Å²) in [6, 6.07) is -0.388. The number of aliphatic hydroxyl groups excluding tert-OH is 1. The summed E-state index contributed by atoms with van der Waals surface area (Å²) in [7, 11) is 0. The van der Waals surface area contributed by atoms with Crippen molar-refractivity contribution in [2.75, 3.05) is 13.1 Å². The van der Waals surface area contributed by atoms with Crippen LogP contribution < -0.4 is 5.73 Å². The lowest BCUT2D eigenvalue weighted by Gasteiger charge is -2.44. The molecular weight excluding hydrogens is 311 g/mol. The molecule has 0 spiro atoms. The fraction of sp³-hybridized carbons (Fsp3) is 0.917. The zero-order chi connectivity index (χ0) is 14.2. The number of aliphatic hydroxyl groups is 1. The molecule has 0 radical (unpaired) electrons. The number of primary amides is 1. The van der Waals surface area contributed by atoms with Crippen LogP contribution in [0.15, 0.2) is 0 Å². The van der Waals surface area contributed by atoms with E-state index in [1.807, 2.05) is 0 Å². The molecule has 2 amide bonds. The first-order valence-corrected chi connectivity index (χ1v) is 7.87. The standard InChI is InChI=1S/C12H19Cl3N2O2/c13-7-5-8(18)9(11(15)10(7)14)6-1-3-17(4-2-6)12(16)19/h6-11,18H,1-5H2,(H2,16,19). The van der Waals surface area contributed by atoms with Gasteiger partial charge in [0.15, 0.2) is 0 Å². The van der Waals surface area contributed by atoms with E-state index in [1.54, 1.807) is 4.90 Å². The van der Waals surface area contributed by atoms with Gasteiger partial charge < -0.3 is 15.7 Å². The molecule has 1 saturated heterocycles. The first-order chi connectivity index (χ1) is 8.91. The van der Waals surface area contributed by atoms with Crippen LogP contribution in [0.1, 0.15) is 19.3 Å². The number of carbonyl (C=O) groups is 1. The Labute approximate surface area is 128 Å². The summed E-state index contributed by atoms with van der Waals surface area (Å²) in [4.78, 5) is 12.7. The second-order valence-electron chi connectivity index (χ2n) is 5.45. The molecular formula is C12H19Cl3N2O2. The SMILES string of the molecule is NC(=O)N1CCC(C2C(O)CC(Cl)C(Cl)C2Cl)CC1. The van der Waals surface area contributed by atoms with Crippen LogP contribution in [0.3, 0.4) is 0 Å². The highest BCUT2D eigenvalue weighted by molar-refractivity contribution is 6.35. The van der Waals surface area contributed by atoms with Gasteiger partial charge in [-0.15, -0.1) is 34.8 Å². The highest BCUT2D eigenvalue weighted by atomic mass is 35.5. The fourth-order valence-corrected chi connectivity index (χ4v) is 4.45. The van der Waals surface area contributed by atoms with E-state index in [4.69, 9.17) is 40.5 Å². The summed E-state index contributed by atoms with van der Waals surface area (Å²) in [5.41, 5.74) is 5.26. The Morgan fingerprint density at radius 1 is 1.16 bits per heavy atom. The molecule has 7 heteroatoms. The summed E-state index contributed by atoms with van der Waals surface area (Å²) in [5, 5.41) is 9.27. The van der Waals surface area contributed by atoms with Crippen molar-refractivity contribution in [3.63, 3.8) is 0 Å². The smallest absolute Gasteiger partial charge is 0.314 e. The number of carbonyl (C=O) groups excluding carboxylic acids is 1. The molecule has 5 atom stereocenters. The maximum absolute atomic E-state index is 11.1. The lowest BCUT2D eigenvalue weighted by atomic mass is 9.73. The van der Waals surface area contributed by atoms with Crippen molar-refractivity contribution in [1.82, 2.24) is 4.90 Å². The average molecular weight is 330 g/mol. The highest BCUT2D eigenvalue weighted by Crippen LogP contribution is 2.42. The molecule has 5 unspecified atom stereocenters. The molecule has 0 aromatic carbocycles. The Morgan fingerprint density at radius 3 is 2.26 bits per heavy atom. The predicted octanol–water partition coefficient (Wildman–Crippen LogP) is 1.98. The largest absolute Gasteiger partial charge is 0.393 e. The average Bonchev–Trinajstić information content (AvgIpc) is 2.37. The monoisotopic (exact) mass is 328 g/mol. The van der Waals surface area contributed by atoms with Gasteiger partial charge in [-0.25, -0.2) is 4.79 Å². The van der Waals surface area contributed by atoms with Crippen LogP contribution in [-0.2, 0) is 0 Å². The fourth-order valence-electron chi connectivity index (χ4n) is 3.22. The van der Waals surface area contributed by atoms with E-state index in [0.717, 1.165) is 12.8 Å². The van der Waals surface area contributed by atoms with Gasteiger partial charge in [-0.1, -0.05) is 0 Å². The quantitative estimate of drug-likeness (QED) is 0.722. The number of alkyl halides is 3. The van der Waals surface area contributed by atoms with Crippen LogP contribution in [0.2, 0.25) is 0 Å². The minimum atomic E-state index is -0.523. The molecule has 2 fully saturated rings. The van der Waals surface area contributed by atoms with Gasteiger partial charge in [-0.05, 0) is 25.2 Å². The van der Waals surface area contributed by atoms with Gasteiger partial charge in [0, 0.05) is 19.0 Å². The van der Waals surface area contributed by atoms with Gasteiger partial charge in [-0.2, -0.15) is 0 Å². The lowest BCUT2D eigenvalue weighted by molar-refractivity contribution is 0.0245. The summed E-state index contributed by atoms with van der Waals surface area (Å²) >= 11 is 18.7. The normalized spacial score (nSPS) is 41.3. The zero-order valence-electron chi connectivity index (χ0n) is 10.5. The number of halogens is 3. The van der Waals surface area contributed by atoms with E-state index in [0.29, 0.717) is 19.5 Å². The summed E-state index contributed by atoms with van der Waals surface area (Å²) in [6.07, 6.45) is 1.54. The zero-order valence-corrected chi connectivity index (χ0v) is 12.8. The molecule has 2 aliphatic rings. The number of nitrogens with two attached hydrogens (primary N) is 1. The first-order valence-electron chi connectivity index (χ1n) is 6.56. The van der Waals surface area contributed by atoms with E-state index >= 15 is 0 Å². The number of amides is 2. The highest BCUT2D eigenvalue weighted by Gasteiger charge is 2.45. The van der Waals surface area contributed by atoms with Gasteiger partial charge in [0.1, 0.15) is 0 Å². The summed E-state index contributed by atoms with van der Waals surface area (Å²) in [6.45, 7) is 1.23. The first kappa shape index (κ1) is 15.5. The van der Waals surface area contributed by atoms with Gasteiger partial charge >= 0.3 is 6.03 Å². The van der Waals surface area contributed by atoms with Crippen molar-refractivity contribution in [3.8, 4) is 0 Å². The number of nitrogens with zero attached hydrogens (tertiary/aromatic N) is 1. The maximum Gasteiger partial charge on any atom is 0.314 e. The third kappa shape index (κ3) is 3.23. The third-order valence-electron chi connectivity index (χ3n) is 4.32. The van der Waals surface area contributed by atoms with Crippen molar-refractivity contribution in [2.45, 2.75) is 41.5 Å². The van der Waals surface area contributed by atoms with Gasteiger partial charge in [0.25, 0.3) is 0 Å². The topological polar surface area (TPSA) is 66.6 Å². The number of piperidine rings is 1. The van der Waals surface area contributed by atoms with Crippen molar-refractivity contribution >= 4 is 40.8 Å². The van der Waals surface area contributed by atoms with E-state index in [-0.39, 0.29) is 34.0 Å². The Morgan fingerprint density at radius 2 is 1.74 bits per heavy atom. The number of hydrogen-bond donors (Lipinski definition) is 2. The molecule has 1 heterocycles. The van der Waals surface area contributed by atoms with Crippen molar-refractivity contribution in [1.29, 1.82) is 0 Å². The van der Waals surface area contributed by atoms with E-state index < -0.39 is 6.10 Å². The van der Waals surface area contributed by atoms with Crippen LogP contribution >= 0.6 is 34.8 Å². The predicted molar refractivity (Wildman–Crippen MR) is 76.9 cm³/mol. The summed E-state index contributed by atoms with van der Waals surface area (Å²) in [5.74, 6) is 0.202. The maximum atomic E-state index is 11.1. The van der Waals surface area contributed by atoms with Crippen LogP contribution in [0.5, 0.6) is 0 Å². The molecule has 0 bridgehead atoms. The second kappa shape index (κ2) is 6.25. The second-order valence-corrected chi connectivity index (χ2v) is 7.02. The minimum absolute atomic E-state index is 0.0609. The Hall–Kier alpha value is 0.1000. The molecule has 2 rings (SSSR count). The molecule has 4 nitrogen and oxygen atoms in total. The molecule has 3 N–H and O–H groups in total. The van der Waals surface area contributed by atoms with Gasteiger partial charge in [0.2, 0.25) is 0 Å². The van der Waals surface area contributed by atoms with Gasteiger partial charge in [0.05, 0.1) is 22.2 Å². The number of urea groups is 1. The number of likely N-dealkylation sites (tertiary alicyclic amines) is 1. The van der Waals surface area contributed by atoms with Crippen LogP contribution in [0.4, 0.5) is 4.79 Å². The Bertz CT molecular complexity index is 337. The Balaban J connectivity index is 2.00. The number of rotatable bonds is 1. The third-order valence-corrected chi connectivity index (χ3v) is 6.17. The molecule has 0 aromatic heterocycles. The summed E-state index contributed by atoms with van der Waals surface area (Å²) < 4.78 is 0. The van der Waals surface area contributed by atoms with Gasteiger partial charge in [-0.3, -0.25) is 0 Å². The Kier molecular flexibility index (Phi) is 5.09. The molecule has 1 saturated carbocycles. The van der Waals surface area contributed by atoms with Crippen LogP contribution in [0, 0.1) is 11.8 Å². The molecule has 19 heavy (non-hydrogen) atoms.